The van der Waals surface area contributed by atoms with Crippen LogP contribution in [0.25, 0.3) is 0 Å². The van der Waals surface area contributed by atoms with E-state index >= 15 is 0 Å². The van der Waals surface area contributed by atoms with Crippen LogP contribution in [0, 0.1) is 0 Å². The van der Waals surface area contributed by atoms with E-state index in [1.807, 2.05) is 19.1 Å². The molecule has 1 rings (SSSR count). The number of ether oxygens (including phenoxy) is 2. The molecule has 6 heteroatoms. The van der Waals surface area contributed by atoms with E-state index in [0.29, 0.717) is 18.9 Å². The van der Waals surface area contributed by atoms with Gasteiger partial charge in [0.1, 0.15) is 5.75 Å². The first-order valence-corrected chi connectivity index (χ1v) is 6.77. The summed E-state index contributed by atoms with van der Waals surface area (Å²) in [6.45, 7) is 2.78. The molecule has 1 aromatic carbocycles. The maximum atomic E-state index is 11.5. The minimum absolute atomic E-state index is 0.0366. The summed E-state index contributed by atoms with van der Waals surface area (Å²) in [6.07, 6.45) is 0. The van der Waals surface area contributed by atoms with Gasteiger partial charge < -0.3 is 20.5 Å². The van der Waals surface area contributed by atoms with E-state index in [2.05, 4.69) is 21.2 Å². The van der Waals surface area contributed by atoms with Gasteiger partial charge in [0.25, 0.3) is 5.91 Å². The lowest BCUT2D eigenvalue weighted by atomic mass is 10.1. The molecule has 0 saturated heterocycles. The molecule has 19 heavy (non-hydrogen) atoms. The SMILES string of the molecule is COCCNC(=O)COc1ccc(Br)cc1[C@H](C)N. The van der Waals surface area contributed by atoms with Gasteiger partial charge in [-0.1, -0.05) is 15.9 Å². The Labute approximate surface area is 121 Å². The van der Waals surface area contributed by atoms with Gasteiger partial charge in [0.15, 0.2) is 6.61 Å². The van der Waals surface area contributed by atoms with Gasteiger partial charge in [-0.3, -0.25) is 4.79 Å². The lowest BCUT2D eigenvalue weighted by Gasteiger charge is -2.14. The fourth-order valence-electron chi connectivity index (χ4n) is 1.49. The number of methoxy groups -OCH3 is 1. The van der Waals surface area contributed by atoms with Crippen LogP contribution in [0.15, 0.2) is 22.7 Å². The molecule has 0 fully saturated rings. The van der Waals surface area contributed by atoms with Gasteiger partial charge in [-0.2, -0.15) is 0 Å². The van der Waals surface area contributed by atoms with Crippen LogP contribution in [0.1, 0.15) is 18.5 Å². The number of rotatable bonds is 7. The molecule has 0 bridgehead atoms. The predicted octanol–water partition coefficient (Wildman–Crippen LogP) is 1.61. The van der Waals surface area contributed by atoms with Crippen LogP contribution in [0.5, 0.6) is 5.75 Å². The molecule has 0 aromatic heterocycles. The fraction of sp³-hybridized carbons (Fsp3) is 0.462. The first-order chi connectivity index (χ1) is 9.04. The van der Waals surface area contributed by atoms with Crippen molar-refractivity contribution in [2.24, 2.45) is 5.73 Å². The zero-order chi connectivity index (χ0) is 14.3. The van der Waals surface area contributed by atoms with Crippen molar-refractivity contribution < 1.29 is 14.3 Å². The molecule has 106 valence electrons. The monoisotopic (exact) mass is 330 g/mol. The summed E-state index contributed by atoms with van der Waals surface area (Å²) < 4.78 is 11.3. The van der Waals surface area contributed by atoms with Gasteiger partial charge in [0, 0.05) is 29.7 Å². The standard InChI is InChI=1S/C13H19BrN2O3/c1-9(15)11-7-10(14)3-4-12(11)19-8-13(17)16-5-6-18-2/h3-4,7,9H,5-6,8,15H2,1-2H3,(H,16,17)/t9-/m0/s1. The van der Waals surface area contributed by atoms with E-state index in [1.165, 1.54) is 0 Å². The molecule has 1 amide bonds. The topological polar surface area (TPSA) is 73.6 Å². The van der Waals surface area contributed by atoms with Crippen molar-refractivity contribution in [1.82, 2.24) is 5.32 Å². The maximum Gasteiger partial charge on any atom is 0.258 e. The van der Waals surface area contributed by atoms with E-state index in [1.54, 1.807) is 13.2 Å². The van der Waals surface area contributed by atoms with Crippen molar-refractivity contribution in [3.63, 3.8) is 0 Å². The molecular formula is C13H19BrN2O3. The van der Waals surface area contributed by atoms with Crippen molar-refractivity contribution in [2.45, 2.75) is 13.0 Å². The number of nitrogens with two attached hydrogens (primary N) is 1. The number of hydrogen-bond acceptors (Lipinski definition) is 4. The fourth-order valence-corrected chi connectivity index (χ4v) is 1.87. The zero-order valence-electron chi connectivity index (χ0n) is 11.1. The van der Waals surface area contributed by atoms with E-state index in [-0.39, 0.29) is 18.6 Å². The lowest BCUT2D eigenvalue weighted by molar-refractivity contribution is -0.123. The first kappa shape index (κ1) is 15.9. The second-order valence-corrected chi connectivity index (χ2v) is 5.02. The summed E-state index contributed by atoms with van der Waals surface area (Å²) in [5.74, 6) is 0.440. The van der Waals surface area contributed by atoms with Crippen molar-refractivity contribution in [1.29, 1.82) is 0 Å². The minimum atomic E-state index is -0.185. The summed E-state index contributed by atoms with van der Waals surface area (Å²) in [7, 11) is 1.58. The first-order valence-electron chi connectivity index (χ1n) is 5.98. The molecule has 0 saturated carbocycles. The number of amides is 1. The second-order valence-electron chi connectivity index (χ2n) is 4.10. The van der Waals surface area contributed by atoms with Crippen LogP contribution in [0.3, 0.4) is 0 Å². The molecule has 0 aliphatic heterocycles. The minimum Gasteiger partial charge on any atom is -0.483 e. The molecule has 1 atom stereocenters. The van der Waals surface area contributed by atoms with Crippen LogP contribution in [-0.2, 0) is 9.53 Å². The molecular weight excluding hydrogens is 312 g/mol. The Morgan fingerprint density at radius 1 is 1.53 bits per heavy atom. The maximum absolute atomic E-state index is 11.5. The molecule has 5 nitrogen and oxygen atoms in total. The van der Waals surface area contributed by atoms with Gasteiger partial charge in [0.2, 0.25) is 0 Å². The number of halogens is 1. The van der Waals surface area contributed by atoms with Crippen LogP contribution in [0.4, 0.5) is 0 Å². The third-order valence-electron chi connectivity index (χ3n) is 2.45. The van der Waals surface area contributed by atoms with Crippen LogP contribution in [0.2, 0.25) is 0 Å². The third kappa shape index (κ3) is 5.59. The lowest BCUT2D eigenvalue weighted by Crippen LogP contribution is -2.31. The van der Waals surface area contributed by atoms with E-state index < -0.39 is 0 Å². The molecule has 0 heterocycles. The molecule has 0 aliphatic rings. The second kappa shape index (κ2) is 8.14. The highest BCUT2D eigenvalue weighted by atomic mass is 79.9. The van der Waals surface area contributed by atoms with Gasteiger partial charge >= 0.3 is 0 Å². The molecule has 0 unspecified atom stereocenters. The Balaban J connectivity index is 2.55. The van der Waals surface area contributed by atoms with Gasteiger partial charge in [0.05, 0.1) is 6.61 Å². The average Bonchev–Trinajstić information content (AvgIpc) is 2.37. The largest absolute Gasteiger partial charge is 0.483 e. The summed E-state index contributed by atoms with van der Waals surface area (Å²) in [6, 6.07) is 5.38. The van der Waals surface area contributed by atoms with Crippen molar-refractivity contribution in [2.75, 3.05) is 26.9 Å². The number of nitrogens with one attached hydrogen (secondary N) is 1. The Kier molecular flexibility index (Phi) is 6.83. The summed E-state index contributed by atoms with van der Waals surface area (Å²) >= 11 is 3.38. The molecule has 0 aliphatic carbocycles. The highest BCUT2D eigenvalue weighted by molar-refractivity contribution is 9.10. The normalized spacial score (nSPS) is 12.0. The Bertz CT molecular complexity index is 424. The Morgan fingerprint density at radius 2 is 2.26 bits per heavy atom. The number of hydrogen-bond donors (Lipinski definition) is 2. The predicted molar refractivity (Wildman–Crippen MR) is 77.1 cm³/mol. The highest BCUT2D eigenvalue weighted by Gasteiger charge is 2.10. The average molecular weight is 331 g/mol. The van der Waals surface area contributed by atoms with Gasteiger partial charge in [-0.15, -0.1) is 0 Å². The summed E-state index contributed by atoms with van der Waals surface area (Å²) in [4.78, 5) is 11.5. The van der Waals surface area contributed by atoms with E-state index in [0.717, 1.165) is 10.0 Å². The number of carbonyl (C=O) groups is 1. The van der Waals surface area contributed by atoms with Crippen LogP contribution in [-0.4, -0.2) is 32.8 Å². The number of carbonyl (C=O) groups excluding carboxylic acids is 1. The van der Waals surface area contributed by atoms with Crippen LogP contribution < -0.4 is 15.8 Å². The van der Waals surface area contributed by atoms with Gasteiger partial charge in [-0.05, 0) is 25.1 Å². The number of benzene rings is 1. The van der Waals surface area contributed by atoms with Crippen LogP contribution >= 0.6 is 15.9 Å². The van der Waals surface area contributed by atoms with Crippen molar-refractivity contribution >= 4 is 21.8 Å². The molecule has 0 spiro atoms. The molecule has 3 N–H and O–H groups in total. The summed E-state index contributed by atoms with van der Waals surface area (Å²) in [5, 5.41) is 2.68. The highest BCUT2D eigenvalue weighted by Crippen LogP contribution is 2.27. The van der Waals surface area contributed by atoms with Gasteiger partial charge in [-0.25, -0.2) is 0 Å². The Hall–Kier alpha value is -1.11. The van der Waals surface area contributed by atoms with Crippen molar-refractivity contribution in [3.8, 4) is 5.75 Å². The molecule has 1 aromatic rings. The Morgan fingerprint density at radius 3 is 2.89 bits per heavy atom. The van der Waals surface area contributed by atoms with Crippen molar-refractivity contribution in [3.05, 3.63) is 28.2 Å². The van der Waals surface area contributed by atoms with E-state index in [4.69, 9.17) is 15.2 Å². The summed E-state index contributed by atoms with van der Waals surface area (Å²) in [5.41, 5.74) is 6.73. The zero-order valence-corrected chi connectivity index (χ0v) is 12.7. The smallest absolute Gasteiger partial charge is 0.258 e. The molecule has 0 radical (unpaired) electrons. The van der Waals surface area contributed by atoms with E-state index in [9.17, 15) is 4.79 Å². The quantitative estimate of drug-likeness (QED) is 0.745. The third-order valence-corrected chi connectivity index (χ3v) is 2.94.